The summed E-state index contributed by atoms with van der Waals surface area (Å²) in [7, 11) is 0. The van der Waals surface area contributed by atoms with Crippen molar-refractivity contribution in [2.24, 2.45) is 17.6 Å². The van der Waals surface area contributed by atoms with Gasteiger partial charge in [-0.15, -0.1) is 36.2 Å². The number of aromatic nitrogens is 3. The summed E-state index contributed by atoms with van der Waals surface area (Å²) in [5.41, 5.74) is 7.71. The molecule has 0 radical (unpaired) electrons. The molecule has 2 saturated carbocycles. The number of rotatable bonds is 4. The molecule has 0 aromatic carbocycles. The van der Waals surface area contributed by atoms with Crippen LogP contribution >= 0.6 is 36.2 Å². The van der Waals surface area contributed by atoms with Gasteiger partial charge < -0.3 is 11.1 Å². The quantitative estimate of drug-likeness (QED) is 0.778. The van der Waals surface area contributed by atoms with Crippen LogP contribution in [-0.2, 0) is 11.2 Å². The number of carbonyl (C=O) groups excluding carboxylic acids is 1. The fourth-order valence-electron chi connectivity index (χ4n) is 4.34. The first-order chi connectivity index (χ1) is 12.2. The summed E-state index contributed by atoms with van der Waals surface area (Å²) in [4.78, 5) is 25.4. The van der Waals surface area contributed by atoms with E-state index in [0.717, 1.165) is 29.2 Å². The van der Waals surface area contributed by atoms with Crippen LogP contribution in [0.2, 0.25) is 0 Å². The zero-order valence-electron chi connectivity index (χ0n) is 14.9. The average Bonchev–Trinajstić information content (AvgIpc) is 3.05. The van der Waals surface area contributed by atoms with Crippen molar-refractivity contribution in [1.82, 2.24) is 20.3 Å². The fraction of sp³-hybridized carbons (Fsp3) is 0.556. The van der Waals surface area contributed by atoms with Crippen LogP contribution in [0, 0.1) is 11.8 Å². The van der Waals surface area contributed by atoms with Crippen molar-refractivity contribution >= 4 is 42.1 Å². The van der Waals surface area contributed by atoms with E-state index in [1.165, 1.54) is 30.6 Å². The van der Waals surface area contributed by atoms with Gasteiger partial charge in [-0.1, -0.05) is 6.42 Å². The van der Waals surface area contributed by atoms with Gasteiger partial charge >= 0.3 is 0 Å². The third-order valence-electron chi connectivity index (χ3n) is 5.38. The van der Waals surface area contributed by atoms with Crippen molar-refractivity contribution in [2.75, 3.05) is 0 Å². The van der Waals surface area contributed by atoms with Gasteiger partial charge in [0, 0.05) is 29.9 Å². The minimum Gasteiger partial charge on any atom is -0.352 e. The Morgan fingerprint density at radius 2 is 1.96 bits per heavy atom. The van der Waals surface area contributed by atoms with Crippen LogP contribution in [0.1, 0.15) is 37.8 Å². The smallest absolute Gasteiger partial charge is 0.226 e. The lowest BCUT2D eigenvalue weighted by atomic mass is 9.67. The van der Waals surface area contributed by atoms with E-state index in [9.17, 15) is 4.79 Å². The number of thiazole rings is 1. The van der Waals surface area contributed by atoms with Crippen LogP contribution in [0.3, 0.4) is 0 Å². The summed E-state index contributed by atoms with van der Waals surface area (Å²) < 4.78 is 0. The highest BCUT2D eigenvalue weighted by atomic mass is 35.5. The van der Waals surface area contributed by atoms with Crippen molar-refractivity contribution in [2.45, 2.75) is 50.6 Å². The van der Waals surface area contributed by atoms with Gasteiger partial charge in [-0.25, -0.2) is 4.98 Å². The van der Waals surface area contributed by atoms with Crippen molar-refractivity contribution in [3.05, 3.63) is 29.7 Å². The number of nitrogens with one attached hydrogen (secondary N) is 1. The number of fused-ring (bicyclic) bond motifs is 2. The number of nitrogens with zero attached hydrogens (tertiary/aromatic N) is 3. The normalized spacial score (nSPS) is 26.4. The Bertz CT molecular complexity index is 730. The summed E-state index contributed by atoms with van der Waals surface area (Å²) in [5.74, 6) is 1.14. The molecule has 2 bridgehead atoms. The van der Waals surface area contributed by atoms with Gasteiger partial charge in [0.2, 0.25) is 5.91 Å². The molecule has 0 saturated heterocycles. The van der Waals surface area contributed by atoms with E-state index >= 15 is 0 Å². The average molecular weight is 430 g/mol. The first-order valence-corrected chi connectivity index (χ1v) is 9.82. The number of hydrogen-bond acceptors (Lipinski definition) is 6. The van der Waals surface area contributed by atoms with Crippen LogP contribution < -0.4 is 11.1 Å². The van der Waals surface area contributed by atoms with Gasteiger partial charge in [0.15, 0.2) is 0 Å². The first kappa shape index (κ1) is 22.0. The Balaban J connectivity index is 0.00000131. The molecule has 3 N–H and O–H groups in total. The molecule has 2 aromatic heterocycles. The summed E-state index contributed by atoms with van der Waals surface area (Å²) in [5, 5.41) is 6.02. The monoisotopic (exact) mass is 429 g/mol. The molecule has 0 aliphatic heterocycles. The number of amides is 1. The van der Waals surface area contributed by atoms with Gasteiger partial charge in [0.1, 0.15) is 10.7 Å². The predicted molar refractivity (Wildman–Crippen MR) is 111 cm³/mol. The number of carbonyl (C=O) groups is 1. The molecule has 2 unspecified atom stereocenters. The van der Waals surface area contributed by atoms with Crippen molar-refractivity contribution in [3.8, 4) is 10.7 Å². The van der Waals surface area contributed by atoms with E-state index < -0.39 is 0 Å². The van der Waals surface area contributed by atoms with Crippen molar-refractivity contribution < 1.29 is 4.79 Å². The topological polar surface area (TPSA) is 93.8 Å². The van der Waals surface area contributed by atoms with E-state index in [1.807, 2.05) is 5.38 Å². The standard InChI is InChI=1S/C18H23N5OS.2ClH/c19-13-6-11-2-1-3-12(7-13)17(11)23-16(24)8-14-10-25-18(22-14)15-9-20-4-5-21-15;;/h4-5,9-13,17H,1-3,6-8,19H2,(H,23,24);2*1H. The van der Waals surface area contributed by atoms with E-state index in [2.05, 4.69) is 20.3 Å². The molecule has 9 heteroatoms. The Hall–Kier alpha value is -1.28. The molecule has 2 aliphatic rings. The number of halogens is 2. The molecule has 0 spiro atoms. The molecular formula is C18H25Cl2N5OS. The zero-order chi connectivity index (χ0) is 17.2. The van der Waals surface area contributed by atoms with Gasteiger partial charge in [-0.3, -0.25) is 14.8 Å². The molecule has 2 heterocycles. The molecular weight excluding hydrogens is 405 g/mol. The lowest BCUT2D eigenvalue weighted by molar-refractivity contribution is -0.122. The second-order valence-corrected chi connectivity index (χ2v) is 8.05. The molecule has 2 fully saturated rings. The maximum Gasteiger partial charge on any atom is 0.226 e. The Labute approximate surface area is 175 Å². The van der Waals surface area contributed by atoms with Crippen LogP contribution in [0.4, 0.5) is 0 Å². The molecule has 27 heavy (non-hydrogen) atoms. The highest BCUT2D eigenvalue weighted by Gasteiger charge is 2.39. The Morgan fingerprint density at radius 1 is 1.22 bits per heavy atom. The highest BCUT2D eigenvalue weighted by Crippen LogP contribution is 2.39. The predicted octanol–water partition coefficient (Wildman–Crippen LogP) is 3.01. The lowest BCUT2D eigenvalue weighted by Gasteiger charge is -2.45. The highest BCUT2D eigenvalue weighted by molar-refractivity contribution is 7.13. The number of hydrogen-bond donors (Lipinski definition) is 2. The molecule has 148 valence electrons. The van der Waals surface area contributed by atoms with Crippen LogP contribution in [-0.4, -0.2) is 32.9 Å². The largest absolute Gasteiger partial charge is 0.352 e. The Kier molecular flexibility index (Phi) is 7.97. The molecule has 2 aliphatic carbocycles. The van der Waals surface area contributed by atoms with Crippen molar-refractivity contribution in [3.63, 3.8) is 0 Å². The third kappa shape index (κ3) is 5.16. The SMILES string of the molecule is Cl.Cl.NC1CC2CCCC(C1)C2NC(=O)Cc1csc(-c2cnccn2)n1. The second kappa shape index (κ2) is 9.78. The molecule has 2 aromatic rings. The molecule has 4 rings (SSSR count). The van der Waals surface area contributed by atoms with Crippen LogP contribution in [0.25, 0.3) is 10.7 Å². The van der Waals surface area contributed by atoms with E-state index in [1.54, 1.807) is 18.6 Å². The van der Waals surface area contributed by atoms with Gasteiger partial charge in [-0.2, -0.15) is 0 Å². The maximum absolute atomic E-state index is 12.5. The summed E-state index contributed by atoms with van der Waals surface area (Å²) in [6.45, 7) is 0. The fourth-order valence-corrected chi connectivity index (χ4v) is 5.12. The minimum atomic E-state index is 0. The van der Waals surface area contributed by atoms with E-state index in [4.69, 9.17) is 5.73 Å². The summed E-state index contributed by atoms with van der Waals surface area (Å²) in [6.07, 6.45) is 11.0. The maximum atomic E-state index is 12.5. The van der Waals surface area contributed by atoms with Gasteiger partial charge in [0.05, 0.1) is 18.3 Å². The van der Waals surface area contributed by atoms with E-state index in [-0.39, 0.29) is 30.7 Å². The Morgan fingerprint density at radius 3 is 2.63 bits per heavy atom. The summed E-state index contributed by atoms with van der Waals surface area (Å²) >= 11 is 1.50. The number of nitrogens with two attached hydrogens (primary N) is 1. The van der Waals surface area contributed by atoms with Gasteiger partial charge in [-0.05, 0) is 37.5 Å². The molecule has 2 atom stereocenters. The third-order valence-corrected chi connectivity index (χ3v) is 6.29. The molecule has 6 nitrogen and oxygen atoms in total. The van der Waals surface area contributed by atoms with Gasteiger partial charge in [0.25, 0.3) is 0 Å². The minimum absolute atomic E-state index is 0. The summed E-state index contributed by atoms with van der Waals surface area (Å²) in [6, 6.07) is 0.593. The first-order valence-electron chi connectivity index (χ1n) is 8.95. The van der Waals surface area contributed by atoms with Crippen molar-refractivity contribution in [1.29, 1.82) is 0 Å². The van der Waals surface area contributed by atoms with Crippen LogP contribution in [0.5, 0.6) is 0 Å². The van der Waals surface area contributed by atoms with E-state index in [0.29, 0.717) is 30.3 Å². The lowest BCUT2D eigenvalue weighted by Crippen LogP contribution is -2.54. The van der Waals surface area contributed by atoms with Crippen LogP contribution in [0.15, 0.2) is 24.0 Å². The zero-order valence-corrected chi connectivity index (χ0v) is 17.4. The second-order valence-electron chi connectivity index (χ2n) is 7.19. The molecule has 1 amide bonds.